The largest absolute Gasteiger partial charge is 0.488 e. The Hall–Kier alpha value is -1.93. The van der Waals surface area contributed by atoms with Gasteiger partial charge in [-0.15, -0.1) is 0 Å². The Bertz CT molecular complexity index is 554. The van der Waals surface area contributed by atoms with Crippen LogP contribution in [0.2, 0.25) is 0 Å². The van der Waals surface area contributed by atoms with Crippen LogP contribution in [-0.2, 0) is 11.0 Å². The fourth-order valence-corrected chi connectivity index (χ4v) is 2.17. The first-order valence-electron chi connectivity index (χ1n) is 6.28. The highest BCUT2D eigenvalue weighted by molar-refractivity contribution is 5.82. The molecule has 1 unspecified atom stereocenters. The van der Waals surface area contributed by atoms with Crippen molar-refractivity contribution in [1.29, 1.82) is 0 Å². The van der Waals surface area contributed by atoms with E-state index in [9.17, 15) is 31.1 Å². The van der Waals surface area contributed by atoms with Gasteiger partial charge in [-0.25, -0.2) is 0 Å². The van der Waals surface area contributed by atoms with E-state index in [1.165, 1.54) is 12.1 Å². The molecule has 1 heterocycles. The number of para-hydroxylation sites is 1. The van der Waals surface area contributed by atoms with Crippen LogP contribution in [0.3, 0.4) is 0 Å². The minimum Gasteiger partial charge on any atom is -0.488 e. The second-order valence-electron chi connectivity index (χ2n) is 4.77. The van der Waals surface area contributed by atoms with E-state index in [1.54, 1.807) is 0 Å². The number of nitrogens with zero attached hydrogens (tertiary/aromatic N) is 1. The molecule has 0 aliphatic carbocycles. The number of carbonyl (C=O) groups is 1. The molecular weight excluding hydrogens is 316 g/mol. The second kappa shape index (κ2) is 5.69. The molecule has 22 heavy (non-hydrogen) atoms. The molecule has 1 aromatic carbocycles. The molecule has 1 aromatic rings. The van der Waals surface area contributed by atoms with Crippen molar-refractivity contribution in [1.82, 2.24) is 4.90 Å². The van der Waals surface area contributed by atoms with E-state index in [1.807, 2.05) is 0 Å². The van der Waals surface area contributed by atoms with Crippen LogP contribution < -0.4 is 4.74 Å². The summed E-state index contributed by atoms with van der Waals surface area (Å²) in [6, 6.07) is 4.43. The predicted molar refractivity (Wildman–Crippen MR) is 63.1 cm³/mol. The second-order valence-corrected chi connectivity index (χ2v) is 4.77. The van der Waals surface area contributed by atoms with Crippen LogP contribution in [0, 0.1) is 0 Å². The van der Waals surface area contributed by atoms with Crippen molar-refractivity contribution < 1.29 is 35.9 Å². The topological polar surface area (TPSA) is 29.5 Å². The van der Waals surface area contributed by atoms with Gasteiger partial charge in [0.15, 0.2) is 0 Å². The van der Waals surface area contributed by atoms with E-state index in [0.717, 1.165) is 12.1 Å². The molecule has 9 heteroatoms. The summed E-state index contributed by atoms with van der Waals surface area (Å²) in [4.78, 5) is 11.6. The quantitative estimate of drug-likeness (QED) is 0.781. The molecule has 1 aliphatic rings. The molecule has 1 atom stereocenters. The van der Waals surface area contributed by atoms with Gasteiger partial charge in [0.25, 0.3) is 0 Å². The Morgan fingerprint density at radius 2 is 1.77 bits per heavy atom. The lowest BCUT2D eigenvalue weighted by Crippen LogP contribution is -2.40. The molecule has 1 saturated heterocycles. The SMILES string of the molecule is O=C(N1CCC(Oc2ccccc2C(F)(F)F)C1)C(F)(F)F. The van der Waals surface area contributed by atoms with Crippen molar-refractivity contribution >= 4 is 5.91 Å². The molecule has 0 bridgehead atoms. The molecule has 0 aromatic heterocycles. The van der Waals surface area contributed by atoms with Crippen molar-refractivity contribution in [3.05, 3.63) is 29.8 Å². The van der Waals surface area contributed by atoms with Crippen LogP contribution in [0.4, 0.5) is 26.3 Å². The van der Waals surface area contributed by atoms with Crippen LogP contribution in [0.15, 0.2) is 24.3 Å². The maximum Gasteiger partial charge on any atom is 0.471 e. The standard InChI is InChI=1S/C13H11F6NO2/c14-12(15,16)9-3-1-2-4-10(9)22-8-5-6-20(7-8)11(21)13(17,18)19/h1-4,8H,5-7H2. The van der Waals surface area contributed by atoms with Gasteiger partial charge in [-0.3, -0.25) is 4.79 Å². The Kier molecular flexibility index (Phi) is 4.25. The van der Waals surface area contributed by atoms with E-state index in [4.69, 9.17) is 4.74 Å². The molecule has 0 spiro atoms. The summed E-state index contributed by atoms with van der Waals surface area (Å²) in [5, 5.41) is 0. The van der Waals surface area contributed by atoms with Gasteiger partial charge < -0.3 is 9.64 Å². The van der Waals surface area contributed by atoms with Gasteiger partial charge in [0.1, 0.15) is 11.9 Å². The first-order chi connectivity index (χ1) is 10.1. The normalized spacial score (nSPS) is 19.4. The Balaban J connectivity index is 2.07. The first kappa shape index (κ1) is 16.4. The predicted octanol–water partition coefficient (Wildman–Crippen LogP) is 3.25. The van der Waals surface area contributed by atoms with Gasteiger partial charge in [-0.2, -0.15) is 26.3 Å². The minimum absolute atomic E-state index is 0.0357. The zero-order valence-electron chi connectivity index (χ0n) is 11.0. The molecule has 0 saturated carbocycles. The lowest BCUT2D eigenvalue weighted by Gasteiger charge is -2.20. The summed E-state index contributed by atoms with van der Waals surface area (Å²) >= 11 is 0. The summed E-state index contributed by atoms with van der Waals surface area (Å²) < 4.78 is 80.4. The molecule has 0 radical (unpaired) electrons. The monoisotopic (exact) mass is 327 g/mol. The van der Waals surface area contributed by atoms with Crippen LogP contribution in [0.1, 0.15) is 12.0 Å². The van der Waals surface area contributed by atoms with Crippen LogP contribution in [-0.4, -0.2) is 36.2 Å². The highest BCUT2D eigenvalue weighted by Crippen LogP contribution is 2.37. The summed E-state index contributed by atoms with van der Waals surface area (Å²) in [6.45, 7) is -0.609. The Morgan fingerprint density at radius 3 is 2.36 bits per heavy atom. The van der Waals surface area contributed by atoms with Gasteiger partial charge in [-0.1, -0.05) is 12.1 Å². The van der Waals surface area contributed by atoms with Gasteiger partial charge in [0, 0.05) is 13.0 Å². The molecule has 1 fully saturated rings. The van der Waals surface area contributed by atoms with E-state index < -0.39 is 42.2 Å². The van der Waals surface area contributed by atoms with Crippen molar-refractivity contribution in [2.24, 2.45) is 0 Å². The summed E-state index contributed by atoms with van der Waals surface area (Å²) in [7, 11) is 0. The van der Waals surface area contributed by atoms with Crippen molar-refractivity contribution in [3.8, 4) is 5.75 Å². The van der Waals surface area contributed by atoms with Gasteiger partial charge in [-0.05, 0) is 12.1 Å². The summed E-state index contributed by atoms with van der Waals surface area (Å²) in [5.74, 6) is -2.47. The highest BCUT2D eigenvalue weighted by Gasteiger charge is 2.45. The van der Waals surface area contributed by atoms with Crippen LogP contribution in [0.25, 0.3) is 0 Å². The lowest BCUT2D eigenvalue weighted by molar-refractivity contribution is -0.184. The fourth-order valence-electron chi connectivity index (χ4n) is 2.17. The molecule has 1 aliphatic heterocycles. The zero-order valence-corrected chi connectivity index (χ0v) is 11.0. The summed E-state index contributed by atoms with van der Waals surface area (Å²) in [6.07, 6.45) is -10.5. The number of hydrogen-bond donors (Lipinski definition) is 0. The van der Waals surface area contributed by atoms with E-state index in [0.29, 0.717) is 4.90 Å². The first-order valence-corrected chi connectivity index (χ1v) is 6.28. The van der Waals surface area contributed by atoms with Gasteiger partial charge >= 0.3 is 18.3 Å². The highest BCUT2D eigenvalue weighted by atomic mass is 19.4. The van der Waals surface area contributed by atoms with Crippen molar-refractivity contribution in [2.75, 3.05) is 13.1 Å². The van der Waals surface area contributed by atoms with Crippen LogP contribution >= 0.6 is 0 Å². The number of benzene rings is 1. The third kappa shape index (κ3) is 3.63. The van der Waals surface area contributed by atoms with Gasteiger partial charge in [0.2, 0.25) is 0 Å². The Labute approximate surface area is 121 Å². The number of hydrogen-bond acceptors (Lipinski definition) is 2. The number of likely N-dealkylation sites (tertiary alicyclic amines) is 1. The molecule has 2 rings (SSSR count). The third-order valence-electron chi connectivity index (χ3n) is 3.16. The smallest absolute Gasteiger partial charge is 0.471 e. The minimum atomic E-state index is -5.00. The maximum absolute atomic E-state index is 12.8. The molecule has 3 nitrogen and oxygen atoms in total. The molecular formula is C13H11F6NO2. The fraction of sp³-hybridized carbons (Fsp3) is 0.462. The third-order valence-corrected chi connectivity index (χ3v) is 3.16. The van der Waals surface area contributed by atoms with Crippen molar-refractivity contribution in [2.45, 2.75) is 24.9 Å². The summed E-state index contributed by atoms with van der Waals surface area (Å²) in [5.41, 5.74) is -1.00. The number of ether oxygens (including phenoxy) is 1. The number of alkyl halides is 6. The average Bonchev–Trinajstić information content (AvgIpc) is 2.84. The molecule has 0 N–H and O–H groups in total. The van der Waals surface area contributed by atoms with Crippen molar-refractivity contribution in [3.63, 3.8) is 0 Å². The van der Waals surface area contributed by atoms with E-state index >= 15 is 0 Å². The Morgan fingerprint density at radius 1 is 1.14 bits per heavy atom. The number of halogens is 6. The van der Waals surface area contributed by atoms with Gasteiger partial charge in [0.05, 0.1) is 12.1 Å². The maximum atomic E-state index is 12.8. The van der Waals surface area contributed by atoms with Crippen LogP contribution in [0.5, 0.6) is 5.75 Å². The zero-order chi connectivity index (χ0) is 16.5. The number of rotatable bonds is 2. The number of amides is 1. The number of carbonyl (C=O) groups excluding carboxylic acids is 1. The average molecular weight is 327 g/mol. The molecule has 1 amide bonds. The van der Waals surface area contributed by atoms with E-state index in [-0.39, 0.29) is 13.0 Å². The van der Waals surface area contributed by atoms with E-state index in [2.05, 4.69) is 0 Å². The lowest BCUT2D eigenvalue weighted by atomic mass is 10.2. The molecule has 122 valence electrons.